The van der Waals surface area contributed by atoms with Crippen molar-refractivity contribution in [2.45, 2.75) is 6.10 Å². The van der Waals surface area contributed by atoms with Crippen LogP contribution in [0.5, 0.6) is 29.1 Å². The highest BCUT2D eigenvalue weighted by Crippen LogP contribution is 2.38. The molecule has 1 aliphatic heterocycles. The number of methoxy groups -OCH3 is 2. The molecule has 5 aromatic rings. The number of anilines is 2. The number of nitrogens with zero attached hydrogens (tertiary/aromatic N) is 6. The van der Waals surface area contributed by atoms with Gasteiger partial charge in [-0.3, -0.25) is 0 Å². The maximum Gasteiger partial charge on any atom is 0.316 e. The first kappa shape index (κ1) is 25.5. The molecule has 0 atom stereocenters. The minimum Gasteiger partial charge on any atom is -0.493 e. The molecule has 1 saturated heterocycles. The smallest absolute Gasteiger partial charge is 0.316 e. The van der Waals surface area contributed by atoms with Gasteiger partial charge in [0, 0.05) is 36.8 Å². The number of benzene rings is 2. The van der Waals surface area contributed by atoms with Gasteiger partial charge >= 0.3 is 6.01 Å². The largest absolute Gasteiger partial charge is 0.493 e. The third-order valence-electron chi connectivity index (χ3n) is 6.10. The fourth-order valence-electron chi connectivity index (χ4n) is 3.93. The number of hydrogen-bond acceptors (Lipinski definition) is 11. The molecule has 2 N–H and O–H groups in total. The Morgan fingerprint density at radius 3 is 2.55 bits per heavy atom. The number of rotatable bonds is 9. The molecule has 0 amide bonds. The normalized spacial score (nSPS) is 13.1. The Bertz CT molecular complexity index is 1680. The van der Waals surface area contributed by atoms with Gasteiger partial charge in [-0.15, -0.1) is 5.10 Å². The van der Waals surface area contributed by atoms with Crippen molar-refractivity contribution >= 4 is 34.0 Å². The quantitative estimate of drug-likeness (QED) is 0.266. The zero-order valence-electron chi connectivity index (χ0n) is 21.3. The van der Waals surface area contributed by atoms with Crippen molar-refractivity contribution in [1.29, 1.82) is 0 Å². The molecule has 3 aromatic heterocycles. The molecule has 204 valence electrons. The molecule has 1 fully saturated rings. The summed E-state index contributed by atoms with van der Waals surface area (Å²) in [5.41, 5.74) is 1.28. The molecule has 6 rings (SSSR count). The van der Waals surface area contributed by atoms with Crippen molar-refractivity contribution < 1.29 is 23.3 Å². The topological polar surface area (TPSA) is 130 Å². The second-order valence-corrected chi connectivity index (χ2v) is 9.01. The zero-order valence-corrected chi connectivity index (χ0v) is 22.0. The fraction of sp³-hybridized carbons (Fsp3) is 0.192. The average Bonchev–Trinajstić information content (AvgIpc) is 3.43. The highest BCUT2D eigenvalue weighted by Gasteiger charge is 2.22. The van der Waals surface area contributed by atoms with Crippen molar-refractivity contribution in [2.75, 3.05) is 32.6 Å². The SMILES string of the molecule is COc1ncc(-n2ccc(Oc3ccc(Nc4ncnc5cc(OC)c(OC6CNC6)cc45)c(F)c3Cl)n2)cn1. The third kappa shape index (κ3) is 4.99. The van der Waals surface area contributed by atoms with E-state index in [-0.39, 0.29) is 34.5 Å². The van der Waals surface area contributed by atoms with Crippen molar-refractivity contribution in [2.24, 2.45) is 0 Å². The summed E-state index contributed by atoms with van der Waals surface area (Å²) < 4.78 is 39.1. The van der Waals surface area contributed by atoms with Gasteiger partial charge in [-0.05, 0) is 18.2 Å². The van der Waals surface area contributed by atoms with Crippen molar-refractivity contribution in [3.05, 3.63) is 66.1 Å². The Kier molecular flexibility index (Phi) is 6.88. The summed E-state index contributed by atoms with van der Waals surface area (Å²) in [6.07, 6.45) is 6.15. The first-order chi connectivity index (χ1) is 19.5. The minimum atomic E-state index is -0.723. The van der Waals surface area contributed by atoms with Crippen LogP contribution in [0.2, 0.25) is 5.02 Å². The van der Waals surface area contributed by atoms with Gasteiger partial charge in [-0.2, -0.15) is 0 Å². The minimum absolute atomic E-state index is 0.0344. The molecule has 0 unspecified atom stereocenters. The number of fused-ring (bicyclic) bond motifs is 1. The van der Waals surface area contributed by atoms with Crippen LogP contribution < -0.4 is 29.6 Å². The Hall–Kier alpha value is -4.75. The number of halogens is 2. The van der Waals surface area contributed by atoms with E-state index in [4.69, 9.17) is 30.5 Å². The van der Waals surface area contributed by atoms with Crippen LogP contribution in [0.25, 0.3) is 16.6 Å². The fourth-order valence-corrected chi connectivity index (χ4v) is 4.13. The summed E-state index contributed by atoms with van der Waals surface area (Å²) in [6.45, 7) is 1.48. The van der Waals surface area contributed by atoms with Crippen LogP contribution in [0.4, 0.5) is 15.9 Å². The van der Waals surface area contributed by atoms with Gasteiger partial charge in [0.05, 0.1) is 37.8 Å². The molecule has 0 spiro atoms. The van der Waals surface area contributed by atoms with E-state index < -0.39 is 5.82 Å². The van der Waals surface area contributed by atoms with E-state index in [9.17, 15) is 0 Å². The molecule has 4 heterocycles. The monoisotopic (exact) mass is 564 g/mol. The molecular weight excluding hydrogens is 543 g/mol. The summed E-state index contributed by atoms with van der Waals surface area (Å²) in [5.74, 6) is 1.02. The van der Waals surface area contributed by atoms with Crippen molar-refractivity contribution in [3.63, 3.8) is 0 Å². The first-order valence-corrected chi connectivity index (χ1v) is 12.4. The number of aromatic nitrogens is 6. The number of ether oxygens (including phenoxy) is 4. The molecule has 1 aliphatic rings. The highest BCUT2D eigenvalue weighted by atomic mass is 35.5. The van der Waals surface area contributed by atoms with Gasteiger partial charge < -0.3 is 29.6 Å². The van der Waals surface area contributed by atoms with Crippen LogP contribution in [0.3, 0.4) is 0 Å². The zero-order chi connectivity index (χ0) is 27.6. The number of nitrogens with one attached hydrogen (secondary N) is 2. The lowest BCUT2D eigenvalue weighted by molar-refractivity contribution is 0.137. The summed E-state index contributed by atoms with van der Waals surface area (Å²) in [7, 11) is 3.04. The van der Waals surface area contributed by atoms with Gasteiger partial charge in [0.25, 0.3) is 0 Å². The van der Waals surface area contributed by atoms with Gasteiger partial charge in [0.15, 0.2) is 23.1 Å². The van der Waals surface area contributed by atoms with E-state index in [1.165, 1.54) is 30.3 Å². The second-order valence-electron chi connectivity index (χ2n) is 8.63. The van der Waals surface area contributed by atoms with E-state index in [0.717, 1.165) is 13.1 Å². The van der Waals surface area contributed by atoms with E-state index in [1.807, 2.05) is 0 Å². The molecule has 0 aliphatic carbocycles. The van der Waals surface area contributed by atoms with E-state index in [0.29, 0.717) is 33.9 Å². The summed E-state index contributed by atoms with van der Waals surface area (Å²) in [5, 5.41) is 10.9. The van der Waals surface area contributed by atoms with Crippen LogP contribution in [0, 0.1) is 5.82 Å². The molecule has 12 nitrogen and oxygen atoms in total. The van der Waals surface area contributed by atoms with Crippen LogP contribution in [0.1, 0.15) is 0 Å². The third-order valence-corrected chi connectivity index (χ3v) is 6.45. The Labute approximate surface area is 232 Å². The summed E-state index contributed by atoms with van der Waals surface area (Å²) in [4.78, 5) is 16.7. The lowest BCUT2D eigenvalue weighted by atomic mass is 10.2. The highest BCUT2D eigenvalue weighted by molar-refractivity contribution is 6.32. The Morgan fingerprint density at radius 1 is 1.00 bits per heavy atom. The maximum atomic E-state index is 15.4. The van der Waals surface area contributed by atoms with Gasteiger partial charge in [0.1, 0.15) is 29.0 Å². The predicted octanol–water partition coefficient (Wildman–Crippen LogP) is 4.30. The van der Waals surface area contributed by atoms with Crippen molar-refractivity contribution in [3.8, 4) is 34.8 Å². The first-order valence-electron chi connectivity index (χ1n) is 12.1. The second kappa shape index (κ2) is 10.8. The van der Waals surface area contributed by atoms with Crippen LogP contribution >= 0.6 is 11.6 Å². The Morgan fingerprint density at radius 2 is 1.82 bits per heavy atom. The van der Waals surface area contributed by atoms with Gasteiger partial charge in [-0.25, -0.2) is 29.0 Å². The van der Waals surface area contributed by atoms with E-state index >= 15 is 4.39 Å². The molecule has 0 saturated carbocycles. The van der Waals surface area contributed by atoms with Gasteiger partial charge in [-0.1, -0.05) is 11.6 Å². The lowest BCUT2D eigenvalue weighted by Crippen LogP contribution is -2.50. The summed E-state index contributed by atoms with van der Waals surface area (Å²) >= 11 is 6.35. The molecular formula is C26H22ClFN8O4. The van der Waals surface area contributed by atoms with Crippen LogP contribution in [-0.4, -0.2) is 63.1 Å². The van der Waals surface area contributed by atoms with Crippen molar-refractivity contribution in [1.82, 2.24) is 35.0 Å². The predicted molar refractivity (Wildman–Crippen MR) is 144 cm³/mol. The average molecular weight is 565 g/mol. The van der Waals surface area contributed by atoms with E-state index in [1.54, 1.807) is 43.9 Å². The number of hydrogen-bond donors (Lipinski definition) is 2. The Balaban J connectivity index is 1.24. The van der Waals surface area contributed by atoms with E-state index in [2.05, 4.69) is 35.7 Å². The van der Waals surface area contributed by atoms with Crippen LogP contribution in [-0.2, 0) is 0 Å². The van der Waals surface area contributed by atoms with Gasteiger partial charge in [0.2, 0.25) is 5.88 Å². The lowest BCUT2D eigenvalue weighted by Gasteiger charge is -2.28. The molecule has 0 bridgehead atoms. The maximum absolute atomic E-state index is 15.4. The van der Waals surface area contributed by atoms with Crippen LogP contribution in [0.15, 0.2) is 55.2 Å². The summed E-state index contributed by atoms with van der Waals surface area (Å²) in [6, 6.07) is 8.40. The molecule has 14 heteroatoms. The standard InChI is InChI=1S/C26H22ClFN8O4/c1-37-20-8-18-16(7-21(20)39-15-11-29-12-15)25(33-13-32-18)34-17-3-4-19(23(27)24(17)28)40-22-5-6-36(35-22)14-9-30-26(38-2)31-10-14/h3-10,13,15,29H,11-12H2,1-2H3,(H,32,33,34). The molecule has 0 radical (unpaired) electrons. The molecule has 40 heavy (non-hydrogen) atoms. The molecule has 2 aromatic carbocycles.